The van der Waals surface area contributed by atoms with Crippen LogP contribution in [-0.4, -0.2) is 20.0 Å². The number of thiazole rings is 1. The van der Waals surface area contributed by atoms with Crippen molar-refractivity contribution in [2.75, 3.05) is 5.73 Å². The maximum Gasteiger partial charge on any atom is 0.180 e. The molecule has 0 radical (unpaired) electrons. The van der Waals surface area contributed by atoms with Crippen LogP contribution in [0.15, 0.2) is 42.7 Å². The average Bonchev–Trinajstić information content (AvgIpc) is 3.15. The van der Waals surface area contributed by atoms with E-state index in [0.717, 1.165) is 16.3 Å². The lowest BCUT2D eigenvalue weighted by Crippen LogP contribution is -2.36. The molecule has 0 unspecified atom stereocenters. The summed E-state index contributed by atoms with van der Waals surface area (Å²) in [6.07, 6.45) is 3.74. The van der Waals surface area contributed by atoms with Crippen molar-refractivity contribution in [2.45, 2.75) is 25.9 Å². The minimum atomic E-state index is -0.300. The third-order valence-electron chi connectivity index (χ3n) is 3.43. The molecule has 3 rings (SSSR count). The van der Waals surface area contributed by atoms with Gasteiger partial charge >= 0.3 is 0 Å². The second kappa shape index (κ2) is 5.86. The number of hydrogen-bond donors (Lipinski definition) is 2. The first-order chi connectivity index (χ1) is 10.5. The first kappa shape index (κ1) is 14.7. The highest BCUT2D eigenvalue weighted by Gasteiger charge is 2.24. The highest BCUT2D eigenvalue weighted by molar-refractivity contribution is 7.15. The summed E-state index contributed by atoms with van der Waals surface area (Å²) >= 11 is 1.49. The van der Waals surface area contributed by atoms with E-state index < -0.39 is 0 Å². The Labute approximate surface area is 133 Å². The summed E-state index contributed by atoms with van der Waals surface area (Å²) in [5.41, 5.74) is 7.23. The molecule has 0 fully saturated rings. The minimum absolute atomic E-state index is 0.300. The normalized spacial score (nSPS) is 11.7. The van der Waals surface area contributed by atoms with Crippen LogP contribution >= 0.6 is 11.3 Å². The molecule has 0 amide bonds. The molecule has 1 aromatic carbocycles. The van der Waals surface area contributed by atoms with Crippen molar-refractivity contribution >= 4 is 16.5 Å². The number of para-hydroxylation sites is 1. The van der Waals surface area contributed by atoms with Gasteiger partial charge < -0.3 is 11.1 Å². The summed E-state index contributed by atoms with van der Waals surface area (Å²) in [6, 6.07) is 9.94. The molecule has 114 valence electrons. The number of nitrogen functional groups attached to an aromatic ring is 1. The lowest BCUT2D eigenvalue weighted by Gasteiger charge is -2.23. The first-order valence-electron chi connectivity index (χ1n) is 6.98. The van der Waals surface area contributed by atoms with Gasteiger partial charge in [0.15, 0.2) is 5.13 Å². The number of nitrogens with zero attached hydrogens (tertiary/aromatic N) is 4. The Morgan fingerprint density at radius 2 is 2.05 bits per heavy atom. The fraction of sp³-hybridized carbons (Fsp3) is 0.267. The molecule has 22 heavy (non-hydrogen) atoms. The Bertz CT molecular complexity index is 746. The van der Waals surface area contributed by atoms with Crippen LogP contribution in [0.2, 0.25) is 0 Å². The van der Waals surface area contributed by atoms with Crippen LogP contribution in [0.4, 0.5) is 5.13 Å². The van der Waals surface area contributed by atoms with Gasteiger partial charge in [-0.25, -0.2) is 9.67 Å². The van der Waals surface area contributed by atoms with Gasteiger partial charge in [0.05, 0.1) is 17.4 Å². The molecule has 0 saturated heterocycles. The molecule has 0 atom stereocenters. The van der Waals surface area contributed by atoms with E-state index in [4.69, 9.17) is 5.73 Å². The quantitative estimate of drug-likeness (QED) is 0.755. The summed E-state index contributed by atoms with van der Waals surface area (Å²) < 4.78 is 1.78. The van der Waals surface area contributed by atoms with Gasteiger partial charge in [0.25, 0.3) is 0 Å². The molecule has 0 aliphatic heterocycles. The number of nitrogens with one attached hydrogen (secondary N) is 1. The largest absolute Gasteiger partial charge is 0.375 e. The summed E-state index contributed by atoms with van der Waals surface area (Å²) in [5.74, 6) is 0. The summed E-state index contributed by atoms with van der Waals surface area (Å²) in [5, 5.41) is 12.6. The Kier molecular flexibility index (Phi) is 3.91. The molecular formula is C15H18N6S. The SMILES string of the molecule is CC(C)(NCc1cnc(N)s1)c1cn(-c2ccccc2)nn1. The van der Waals surface area contributed by atoms with Crippen LogP contribution in [0.3, 0.4) is 0 Å². The smallest absolute Gasteiger partial charge is 0.180 e. The maximum atomic E-state index is 5.65. The average molecular weight is 314 g/mol. The number of anilines is 1. The zero-order valence-electron chi connectivity index (χ0n) is 12.5. The van der Waals surface area contributed by atoms with E-state index in [0.29, 0.717) is 11.7 Å². The van der Waals surface area contributed by atoms with Gasteiger partial charge in [-0.15, -0.1) is 16.4 Å². The molecule has 3 N–H and O–H groups in total. The molecule has 0 aliphatic carbocycles. The summed E-state index contributed by atoms with van der Waals surface area (Å²) in [6.45, 7) is 4.85. The van der Waals surface area contributed by atoms with Gasteiger partial charge in [0.1, 0.15) is 5.69 Å². The van der Waals surface area contributed by atoms with Gasteiger partial charge in [0, 0.05) is 17.6 Å². The van der Waals surface area contributed by atoms with Crippen molar-refractivity contribution in [3.8, 4) is 5.69 Å². The van der Waals surface area contributed by atoms with E-state index in [9.17, 15) is 0 Å². The van der Waals surface area contributed by atoms with E-state index in [1.165, 1.54) is 11.3 Å². The van der Waals surface area contributed by atoms with Crippen LogP contribution < -0.4 is 11.1 Å². The minimum Gasteiger partial charge on any atom is -0.375 e. The molecule has 0 saturated carbocycles. The van der Waals surface area contributed by atoms with Crippen molar-refractivity contribution in [2.24, 2.45) is 0 Å². The Hall–Kier alpha value is -2.25. The van der Waals surface area contributed by atoms with Gasteiger partial charge in [-0.2, -0.15) is 0 Å². The number of aromatic nitrogens is 4. The summed E-state index contributed by atoms with van der Waals surface area (Å²) in [7, 11) is 0. The maximum absolute atomic E-state index is 5.65. The van der Waals surface area contributed by atoms with E-state index in [1.807, 2.05) is 36.5 Å². The second-order valence-electron chi connectivity index (χ2n) is 5.53. The van der Waals surface area contributed by atoms with Gasteiger partial charge in [-0.1, -0.05) is 23.4 Å². The van der Waals surface area contributed by atoms with Crippen molar-refractivity contribution < 1.29 is 0 Å². The molecule has 0 spiro atoms. The number of benzene rings is 1. The Morgan fingerprint density at radius 3 is 2.73 bits per heavy atom. The zero-order chi connectivity index (χ0) is 15.6. The molecule has 3 aromatic rings. The van der Waals surface area contributed by atoms with Crippen LogP contribution in [-0.2, 0) is 12.1 Å². The third kappa shape index (κ3) is 3.15. The Morgan fingerprint density at radius 1 is 1.27 bits per heavy atom. The number of hydrogen-bond acceptors (Lipinski definition) is 6. The lowest BCUT2D eigenvalue weighted by atomic mass is 10.0. The molecule has 7 heteroatoms. The molecule has 2 heterocycles. The highest BCUT2D eigenvalue weighted by atomic mass is 32.1. The van der Waals surface area contributed by atoms with Crippen LogP contribution in [0.1, 0.15) is 24.4 Å². The van der Waals surface area contributed by atoms with Gasteiger partial charge in [-0.3, -0.25) is 0 Å². The van der Waals surface area contributed by atoms with E-state index in [1.54, 1.807) is 10.9 Å². The predicted octanol–water partition coefficient (Wildman–Crippen LogP) is 2.33. The number of rotatable bonds is 5. The van der Waals surface area contributed by atoms with Crippen molar-refractivity contribution in [3.63, 3.8) is 0 Å². The second-order valence-corrected chi connectivity index (χ2v) is 6.67. The van der Waals surface area contributed by atoms with Crippen LogP contribution in [0, 0.1) is 0 Å². The van der Waals surface area contributed by atoms with Crippen molar-refractivity contribution in [3.05, 3.63) is 53.3 Å². The molecule has 6 nitrogen and oxygen atoms in total. The van der Waals surface area contributed by atoms with E-state index in [2.05, 4.69) is 34.5 Å². The van der Waals surface area contributed by atoms with Crippen molar-refractivity contribution in [1.29, 1.82) is 0 Å². The fourth-order valence-electron chi connectivity index (χ4n) is 2.06. The zero-order valence-corrected chi connectivity index (χ0v) is 13.3. The van der Waals surface area contributed by atoms with Gasteiger partial charge in [0.2, 0.25) is 0 Å². The monoisotopic (exact) mass is 314 g/mol. The van der Waals surface area contributed by atoms with E-state index >= 15 is 0 Å². The highest BCUT2D eigenvalue weighted by Crippen LogP contribution is 2.21. The van der Waals surface area contributed by atoms with E-state index in [-0.39, 0.29) is 5.54 Å². The first-order valence-corrected chi connectivity index (χ1v) is 7.80. The predicted molar refractivity (Wildman–Crippen MR) is 87.8 cm³/mol. The van der Waals surface area contributed by atoms with Crippen LogP contribution in [0.5, 0.6) is 0 Å². The molecular weight excluding hydrogens is 296 g/mol. The third-order valence-corrected chi connectivity index (χ3v) is 4.26. The fourth-order valence-corrected chi connectivity index (χ4v) is 2.68. The van der Waals surface area contributed by atoms with Crippen molar-refractivity contribution in [1.82, 2.24) is 25.3 Å². The molecule has 0 aliphatic rings. The summed E-state index contributed by atoms with van der Waals surface area (Å²) in [4.78, 5) is 5.16. The topological polar surface area (TPSA) is 81.6 Å². The molecule has 0 bridgehead atoms. The van der Waals surface area contributed by atoms with Gasteiger partial charge in [-0.05, 0) is 26.0 Å². The molecule has 2 aromatic heterocycles. The van der Waals surface area contributed by atoms with Crippen LogP contribution in [0.25, 0.3) is 5.69 Å². The standard InChI is InChI=1S/C15H18N6S/c1-15(2,18-9-12-8-17-14(16)22-12)13-10-21(20-19-13)11-6-4-3-5-7-11/h3-8,10,18H,9H2,1-2H3,(H2,16,17). The Balaban J connectivity index is 1.73. The number of nitrogens with two attached hydrogens (primary N) is 1. The lowest BCUT2D eigenvalue weighted by molar-refractivity contribution is 0.391.